The molecule has 0 bridgehead atoms. The molecule has 2 N–H and O–H groups in total. The van der Waals surface area contributed by atoms with Crippen molar-refractivity contribution in [2.75, 3.05) is 24.5 Å². The number of benzene rings is 1. The van der Waals surface area contributed by atoms with E-state index in [9.17, 15) is 26.7 Å². The number of alkyl halides is 5. The zero-order valence-electron chi connectivity index (χ0n) is 25.1. The van der Waals surface area contributed by atoms with Crippen LogP contribution in [-0.4, -0.2) is 90.6 Å². The SMILES string of the molecule is Cc1nn(C(C)c2ccc(Cl)cc2Cl)c2nc(N3CCC(N4CCC[C@H]4CC(F)(F)C(=O)O)C(C)C3)cnc12.O=C(O)C(F)(F)F. The smallest absolute Gasteiger partial charge is 0.477 e. The maximum atomic E-state index is 14.0. The lowest BCUT2D eigenvalue weighted by Gasteiger charge is -2.44. The Labute approximate surface area is 271 Å². The molecular weight excluding hydrogens is 662 g/mol. The van der Waals surface area contributed by atoms with Gasteiger partial charge in [-0.3, -0.25) is 4.90 Å². The number of carbonyl (C=O) groups is 2. The fraction of sp³-hybridized carbons (Fsp3) is 0.552. The monoisotopic (exact) mass is 694 g/mol. The van der Waals surface area contributed by atoms with Crippen molar-refractivity contribution in [1.29, 1.82) is 0 Å². The Hall–Kier alpha value is -3.30. The quantitative estimate of drug-likeness (QED) is 0.268. The second-order valence-electron chi connectivity index (χ2n) is 11.6. The third-order valence-electron chi connectivity index (χ3n) is 8.42. The number of hydrogen-bond donors (Lipinski definition) is 2. The zero-order valence-corrected chi connectivity index (χ0v) is 26.6. The number of rotatable bonds is 7. The van der Waals surface area contributed by atoms with Gasteiger partial charge >= 0.3 is 24.0 Å². The average Bonchev–Trinajstić information content (AvgIpc) is 3.55. The Morgan fingerprint density at radius 2 is 1.76 bits per heavy atom. The first-order chi connectivity index (χ1) is 21.4. The summed E-state index contributed by atoms with van der Waals surface area (Å²) in [6, 6.07) is 4.88. The molecule has 0 spiro atoms. The van der Waals surface area contributed by atoms with Crippen LogP contribution in [0.4, 0.5) is 27.8 Å². The molecule has 10 nitrogen and oxygen atoms in total. The Bertz CT molecular complexity index is 1590. The molecule has 1 aromatic carbocycles. The summed E-state index contributed by atoms with van der Waals surface area (Å²) in [5.41, 5.74) is 3.03. The number of carboxylic acids is 2. The first kappa shape index (κ1) is 35.6. The molecule has 17 heteroatoms. The van der Waals surface area contributed by atoms with E-state index in [2.05, 4.69) is 21.7 Å². The molecule has 2 saturated heterocycles. The van der Waals surface area contributed by atoms with E-state index in [1.54, 1.807) is 18.3 Å². The van der Waals surface area contributed by atoms with Crippen LogP contribution in [0, 0.1) is 12.8 Å². The van der Waals surface area contributed by atoms with Crippen molar-refractivity contribution in [2.45, 2.75) is 76.7 Å². The number of nitrogens with zero attached hydrogens (tertiary/aromatic N) is 6. The van der Waals surface area contributed by atoms with Crippen LogP contribution in [0.15, 0.2) is 24.4 Å². The molecule has 2 aromatic heterocycles. The van der Waals surface area contributed by atoms with Crippen LogP contribution >= 0.6 is 23.2 Å². The van der Waals surface area contributed by atoms with Crippen LogP contribution in [0.5, 0.6) is 0 Å². The highest BCUT2D eigenvalue weighted by atomic mass is 35.5. The third kappa shape index (κ3) is 7.80. The van der Waals surface area contributed by atoms with Gasteiger partial charge in [-0.1, -0.05) is 36.2 Å². The molecular formula is C29H33Cl2F5N6O4. The topological polar surface area (TPSA) is 125 Å². The second kappa shape index (κ2) is 13.8. The number of fused-ring (bicyclic) bond motifs is 1. The van der Waals surface area contributed by atoms with Gasteiger partial charge in [-0.2, -0.15) is 27.1 Å². The number of anilines is 1. The number of carboxylic acid groups (broad SMARTS) is 2. The first-order valence-corrected chi connectivity index (χ1v) is 15.2. The summed E-state index contributed by atoms with van der Waals surface area (Å²) in [6.07, 6.45) is -1.80. The molecule has 0 radical (unpaired) electrons. The summed E-state index contributed by atoms with van der Waals surface area (Å²) >= 11 is 12.6. The van der Waals surface area contributed by atoms with E-state index in [1.165, 1.54) is 0 Å². The summed E-state index contributed by atoms with van der Waals surface area (Å²) in [7, 11) is 0. The standard InChI is InChI=1S/C27H32Cl2F2N6O2.C2HF3O2/c1-15-14-35(10-8-22(15)36-9-4-5-19(36)12-27(30,31)26(38)39)23-13-32-24-16(2)34-37(25(24)33-23)17(3)20-7-6-18(28)11-21(20)29;3-2(4,5)1(6)7/h6-7,11,13,15,17,19,22H,4-5,8-10,12,14H2,1-3H3,(H,38,39);(H,6,7)/t15?,17?,19-,22?;/m0./s1. The summed E-state index contributed by atoms with van der Waals surface area (Å²) in [6.45, 7) is 8.12. The minimum atomic E-state index is -5.08. The highest BCUT2D eigenvalue weighted by molar-refractivity contribution is 6.35. The maximum Gasteiger partial charge on any atom is 0.490 e. The van der Waals surface area contributed by atoms with Crippen molar-refractivity contribution < 1.29 is 41.8 Å². The highest BCUT2D eigenvalue weighted by Gasteiger charge is 2.46. The van der Waals surface area contributed by atoms with Gasteiger partial charge in [0.25, 0.3) is 0 Å². The van der Waals surface area contributed by atoms with Gasteiger partial charge in [0.1, 0.15) is 11.3 Å². The van der Waals surface area contributed by atoms with E-state index in [4.69, 9.17) is 48.3 Å². The largest absolute Gasteiger partial charge is 0.490 e. The average molecular weight is 696 g/mol. The summed E-state index contributed by atoms with van der Waals surface area (Å²) < 4.78 is 61.6. The van der Waals surface area contributed by atoms with Crippen molar-refractivity contribution >= 4 is 52.1 Å². The molecule has 3 aromatic rings. The number of piperidine rings is 1. The second-order valence-corrected chi connectivity index (χ2v) is 12.4. The van der Waals surface area contributed by atoms with Crippen LogP contribution in [0.3, 0.4) is 0 Å². The normalized spacial score (nSPS) is 21.6. The maximum absolute atomic E-state index is 14.0. The molecule has 3 unspecified atom stereocenters. The number of hydrogen-bond acceptors (Lipinski definition) is 7. The van der Waals surface area contributed by atoms with E-state index in [0.717, 1.165) is 35.4 Å². The predicted octanol–water partition coefficient (Wildman–Crippen LogP) is 6.47. The van der Waals surface area contributed by atoms with Crippen molar-refractivity contribution in [1.82, 2.24) is 24.6 Å². The van der Waals surface area contributed by atoms with E-state index >= 15 is 0 Å². The fourth-order valence-corrected chi connectivity index (χ4v) is 6.73. The number of aliphatic carboxylic acids is 2. The molecule has 2 fully saturated rings. The first-order valence-electron chi connectivity index (χ1n) is 14.5. The lowest BCUT2D eigenvalue weighted by atomic mass is 9.91. The van der Waals surface area contributed by atoms with Crippen molar-refractivity contribution in [3.8, 4) is 0 Å². The van der Waals surface area contributed by atoms with E-state index in [-0.39, 0.29) is 18.0 Å². The van der Waals surface area contributed by atoms with Crippen molar-refractivity contribution in [3.63, 3.8) is 0 Å². The van der Waals surface area contributed by atoms with Gasteiger partial charge in [-0.05, 0) is 63.3 Å². The van der Waals surface area contributed by atoms with E-state index in [0.29, 0.717) is 41.7 Å². The lowest BCUT2D eigenvalue weighted by molar-refractivity contribution is -0.192. The zero-order chi connectivity index (χ0) is 34.1. The molecule has 2 aliphatic heterocycles. The highest BCUT2D eigenvalue weighted by Crippen LogP contribution is 2.36. The molecule has 252 valence electrons. The Kier molecular flexibility index (Phi) is 10.7. The Morgan fingerprint density at radius 3 is 2.35 bits per heavy atom. The van der Waals surface area contributed by atoms with Crippen LogP contribution in [0.1, 0.15) is 56.8 Å². The van der Waals surface area contributed by atoms with Crippen LogP contribution < -0.4 is 4.90 Å². The van der Waals surface area contributed by atoms with Gasteiger partial charge in [0.2, 0.25) is 0 Å². The lowest BCUT2D eigenvalue weighted by Crippen LogP contribution is -2.53. The molecule has 0 aliphatic carbocycles. The number of aryl methyl sites for hydroxylation is 1. The summed E-state index contributed by atoms with van der Waals surface area (Å²) in [5.74, 6) is -7.61. The Balaban J connectivity index is 0.000000617. The molecule has 0 amide bonds. The predicted molar refractivity (Wildman–Crippen MR) is 161 cm³/mol. The van der Waals surface area contributed by atoms with E-state index in [1.807, 2.05) is 24.6 Å². The molecule has 4 heterocycles. The number of aromatic nitrogens is 4. The number of halogens is 7. The van der Waals surface area contributed by atoms with Crippen LogP contribution in [0.25, 0.3) is 11.2 Å². The molecule has 0 saturated carbocycles. The van der Waals surface area contributed by atoms with Gasteiger partial charge in [-0.25, -0.2) is 24.2 Å². The minimum absolute atomic E-state index is 0.106. The molecule has 4 atom stereocenters. The summed E-state index contributed by atoms with van der Waals surface area (Å²) in [5, 5.41) is 21.9. The summed E-state index contributed by atoms with van der Waals surface area (Å²) in [4.78, 5) is 33.9. The minimum Gasteiger partial charge on any atom is -0.477 e. The van der Waals surface area contributed by atoms with Gasteiger partial charge in [0, 0.05) is 41.6 Å². The van der Waals surface area contributed by atoms with Crippen LogP contribution in [-0.2, 0) is 9.59 Å². The van der Waals surface area contributed by atoms with Gasteiger partial charge in [0.15, 0.2) is 5.65 Å². The molecule has 46 heavy (non-hydrogen) atoms. The third-order valence-corrected chi connectivity index (χ3v) is 8.98. The van der Waals surface area contributed by atoms with Gasteiger partial charge in [-0.15, -0.1) is 0 Å². The van der Waals surface area contributed by atoms with Crippen LogP contribution in [0.2, 0.25) is 10.0 Å². The van der Waals surface area contributed by atoms with Crippen molar-refractivity contribution in [2.24, 2.45) is 5.92 Å². The Morgan fingerprint density at radius 1 is 1.09 bits per heavy atom. The van der Waals surface area contributed by atoms with Gasteiger partial charge < -0.3 is 15.1 Å². The molecule has 2 aliphatic rings. The fourth-order valence-electron chi connectivity index (χ4n) is 6.17. The van der Waals surface area contributed by atoms with Crippen molar-refractivity contribution in [3.05, 3.63) is 45.7 Å². The van der Waals surface area contributed by atoms with E-state index < -0.39 is 36.5 Å². The molecule has 5 rings (SSSR count). The number of likely N-dealkylation sites (tertiary alicyclic amines) is 1. The van der Waals surface area contributed by atoms with Gasteiger partial charge in [0.05, 0.1) is 17.9 Å².